The number of rotatable bonds is 4. The monoisotopic (exact) mass is 408 g/mol. The molecular formula is C17H17FN4O5S. The van der Waals surface area contributed by atoms with Gasteiger partial charge in [0.25, 0.3) is 15.1 Å². The molecule has 1 aliphatic heterocycles. The summed E-state index contributed by atoms with van der Waals surface area (Å²) in [5.74, 6) is -0.566. The summed E-state index contributed by atoms with van der Waals surface area (Å²) < 4.78 is 50.3. The van der Waals surface area contributed by atoms with Crippen molar-refractivity contribution in [2.75, 3.05) is 32.8 Å². The molecule has 9 nitrogen and oxygen atoms in total. The van der Waals surface area contributed by atoms with E-state index in [4.69, 9.17) is 9.15 Å². The predicted molar refractivity (Wildman–Crippen MR) is 94.0 cm³/mol. The number of benzene rings is 1. The number of amides is 1. The van der Waals surface area contributed by atoms with Gasteiger partial charge in [-0.25, -0.2) is 17.6 Å². The molecule has 1 fully saturated rings. The Bertz CT molecular complexity index is 1010. The lowest BCUT2D eigenvalue weighted by molar-refractivity contribution is 0.0932. The van der Waals surface area contributed by atoms with Gasteiger partial charge in [0.05, 0.1) is 6.61 Å². The first-order valence-electron chi connectivity index (χ1n) is 8.45. The van der Waals surface area contributed by atoms with Crippen LogP contribution in [0.4, 0.5) is 9.18 Å². The number of halogens is 1. The zero-order valence-electron chi connectivity index (χ0n) is 15.0. The van der Waals surface area contributed by atoms with Crippen LogP contribution in [-0.2, 0) is 14.8 Å². The third-order valence-electron chi connectivity index (χ3n) is 4.13. The van der Waals surface area contributed by atoms with E-state index in [-0.39, 0.29) is 44.4 Å². The molecule has 0 radical (unpaired) electrons. The second kappa shape index (κ2) is 7.95. The van der Waals surface area contributed by atoms with E-state index in [0.717, 1.165) is 4.31 Å². The highest BCUT2D eigenvalue weighted by molar-refractivity contribution is 7.89. The first-order chi connectivity index (χ1) is 13.4. The van der Waals surface area contributed by atoms with Gasteiger partial charge in [0.15, 0.2) is 5.69 Å². The molecule has 0 unspecified atom stereocenters. The highest BCUT2D eigenvalue weighted by atomic mass is 32.2. The topological polar surface area (TPSA) is 117 Å². The maximum absolute atomic E-state index is 13.1. The van der Waals surface area contributed by atoms with Crippen LogP contribution in [0.25, 0.3) is 11.5 Å². The Hall–Kier alpha value is -2.97. The fraction of sp³-hybridized carbons (Fsp3) is 0.353. The van der Waals surface area contributed by atoms with Crippen LogP contribution < -0.4 is 0 Å². The molecule has 1 aromatic heterocycles. The molecule has 1 amide bonds. The van der Waals surface area contributed by atoms with Crippen molar-refractivity contribution >= 4 is 16.1 Å². The van der Waals surface area contributed by atoms with Gasteiger partial charge in [-0.1, -0.05) is 0 Å². The van der Waals surface area contributed by atoms with Crippen molar-refractivity contribution in [1.29, 1.82) is 5.26 Å². The molecule has 0 N–H and O–H groups in total. The van der Waals surface area contributed by atoms with Crippen molar-refractivity contribution in [1.82, 2.24) is 14.2 Å². The van der Waals surface area contributed by atoms with Gasteiger partial charge >= 0.3 is 6.09 Å². The zero-order chi connectivity index (χ0) is 20.3. The molecule has 0 saturated carbocycles. The highest BCUT2D eigenvalue weighted by Crippen LogP contribution is 2.28. The number of sulfonamides is 1. The summed E-state index contributed by atoms with van der Waals surface area (Å²) in [6.45, 7) is 2.27. The normalized spacial score (nSPS) is 15.2. The van der Waals surface area contributed by atoms with Crippen LogP contribution >= 0.6 is 0 Å². The van der Waals surface area contributed by atoms with Crippen LogP contribution in [0.5, 0.6) is 0 Å². The fourth-order valence-electron chi connectivity index (χ4n) is 2.71. The summed E-state index contributed by atoms with van der Waals surface area (Å²) in [7, 11) is -4.13. The summed E-state index contributed by atoms with van der Waals surface area (Å²) in [5, 5.41) is 8.70. The van der Waals surface area contributed by atoms with E-state index in [2.05, 4.69) is 4.98 Å². The number of oxazole rings is 1. The Morgan fingerprint density at radius 1 is 1.29 bits per heavy atom. The summed E-state index contributed by atoms with van der Waals surface area (Å²) in [5.41, 5.74) is -0.0429. The van der Waals surface area contributed by atoms with Crippen molar-refractivity contribution < 1.29 is 26.8 Å². The minimum absolute atomic E-state index is 0.0264. The van der Waals surface area contributed by atoms with Gasteiger partial charge in [0.1, 0.15) is 11.9 Å². The van der Waals surface area contributed by atoms with Crippen LogP contribution in [0.3, 0.4) is 0 Å². The third kappa shape index (κ3) is 3.83. The molecule has 0 atom stereocenters. The van der Waals surface area contributed by atoms with E-state index in [9.17, 15) is 22.9 Å². The molecular weight excluding hydrogens is 391 g/mol. The SMILES string of the molecule is CCOC(=O)N1CCN(S(=O)(=O)c2oc(-c3ccc(F)cc3)nc2C#N)CC1. The molecule has 1 aromatic carbocycles. The average Bonchev–Trinajstić information content (AvgIpc) is 3.14. The number of aromatic nitrogens is 1. The lowest BCUT2D eigenvalue weighted by Gasteiger charge is -2.32. The number of hydrogen-bond donors (Lipinski definition) is 0. The lowest BCUT2D eigenvalue weighted by atomic mass is 10.2. The number of piperazine rings is 1. The first-order valence-corrected chi connectivity index (χ1v) is 9.89. The second-order valence-electron chi connectivity index (χ2n) is 5.86. The molecule has 3 rings (SSSR count). The molecule has 1 aliphatic rings. The van der Waals surface area contributed by atoms with E-state index in [1.54, 1.807) is 13.0 Å². The molecule has 28 heavy (non-hydrogen) atoms. The van der Waals surface area contributed by atoms with Gasteiger partial charge in [0.2, 0.25) is 5.89 Å². The summed E-state index contributed by atoms with van der Waals surface area (Å²) in [6.07, 6.45) is -0.504. The standard InChI is InChI=1S/C17H17FN4O5S/c1-2-26-17(23)21-7-9-22(10-8-21)28(24,25)16-14(11-19)20-15(27-16)12-3-5-13(18)6-4-12/h3-6H,2,7-10H2,1H3. The van der Waals surface area contributed by atoms with E-state index < -0.39 is 27.0 Å². The van der Waals surface area contributed by atoms with Crippen LogP contribution in [0, 0.1) is 17.1 Å². The van der Waals surface area contributed by atoms with E-state index in [1.807, 2.05) is 0 Å². The van der Waals surface area contributed by atoms with Crippen LogP contribution in [0.1, 0.15) is 12.6 Å². The molecule has 0 aliphatic carbocycles. The number of carbonyl (C=O) groups excluding carboxylic acids is 1. The zero-order valence-corrected chi connectivity index (χ0v) is 15.8. The predicted octanol–water partition coefficient (Wildman–Crippen LogP) is 1.82. The number of hydrogen-bond acceptors (Lipinski definition) is 7. The van der Waals surface area contributed by atoms with Crippen molar-refractivity contribution in [2.24, 2.45) is 0 Å². The lowest BCUT2D eigenvalue weighted by Crippen LogP contribution is -2.50. The Morgan fingerprint density at radius 2 is 1.93 bits per heavy atom. The smallest absolute Gasteiger partial charge is 0.409 e. The molecule has 1 saturated heterocycles. The summed E-state index contributed by atoms with van der Waals surface area (Å²) >= 11 is 0. The van der Waals surface area contributed by atoms with E-state index in [0.29, 0.717) is 5.56 Å². The van der Waals surface area contributed by atoms with Crippen LogP contribution in [-0.4, -0.2) is 61.5 Å². The van der Waals surface area contributed by atoms with Gasteiger partial charge in [-0.2, -0.15) is 14.6 Å². The Morgan fingerprint density at radius 3 is 2.50 bits per heavy atom. The van der Waals surface area contributed by atoms with Crippen LogP contribution in [0.2, 0.25) is 0 Å². The second-order valence-corrected chi connectivity index (χ2v) is 7.70. The molecule has 0 bridgehead atoms. The van der Waals surface area contributed by atoms with Gasteiger partial charge in [0, 0.05) is 31.7 Å². The van der Waals surface area contributed by atoms with Crippen molar-refractivity contribution in [3.8, 4) is 17.5 Å². The molecule has 148 valence electrons. The molecule has 0 spiro atoms. The summed E-state index contributed by atoms with van der Waals surface area (Å²) in [6, 6.07) is 6.81. The largest absolute Gasteiger partial charge is 0.450 e. The minimum atomic E-state index is -4.13. The third-order valence-corrected chi connectivity index (χ3v) is 5.92. The van der Waals surface area contributed by atoms with E-state index in [1.165, 1.54) is 29.2 Å². The number of carbonyl (C=O) groups is 1. The van der Waals surface area contributed by atoms with Gasteiger partial charge in [-0.05, 0) is 31.2 Å². The van der Waals surface area contributed by atoms with Crippen LogP contribution in [0.15, 0.2) is 33.8 Å². The van der Waals surface area contributed by atoms with Crippen molar-refractivity contribution in [3.05, 3.63) is 35.8 Å². The molecule has 2 aromatic rings. The number of ether oxygens (including phenoxy) is 1. The number of nitriles is 1. The van der Waals surface area contributed by atoms with Gasteiger partial charge < -0.3 is 14.1 Å². The Kier molecular flexibility index (Phi) is 5.62. The summed E-state index contributed by atoms with van der Waals surface area (Å²) in [4.78, 5) is 17.1. The van der Waals surface area contributed by atoms with Gasteiger partial charge in [-0.3, -0.25) is 0 Å². The van der Waals surface area contributed by atoms with Crippen molar-refractivity contribution in [2.45, 2.75) is 12.0 Å². The maximum Gasteiger partial charge on any atom is 0.409 e. The quantitative estimate of drug-likeness (QED) is 0.757. The van der Waals surface area contributed by atoms with E-state index >= 15 is 0 Å². The van der Waals surface area contributed by atoms with Gasteiger partial charge in [-0.15, -0.1) is 0 Å². The Labute approximate surface area is 161 Å². The average molecular weight is 408 g/mol. The van der Waals surface area contributed by atoms with Crippen molar-refractivity contribution in [3.63, 3.8) is 0 Å². The molecule has 2 heterocycles. The fourth-order valence-corrected chi connectivity index (χ4v) is 4.11. The maximum atomic E-state index is 13.1. The Balaban J connectivity index is 1.83. The highest BCUT2D eigenvalue weighted by Gasteiger charge is 2.36. The minimum Gasteiger partial charge on any atom is -0.450 e. The first kappa shape index (κ1) is 19.8. The molecule has 11 heteroatoms. The number of nitrogens with zero attached hydrogens (tertiary/aromatic N) is 4.